The first-order valence-electron chi connectivity index (χ1n) is 8.13. The van der Waals surface area contributed by atoms with Gasteiger partial charge in [-0.1, -0.05) is 47.3 Å². The van der Waals surface area contributed by atoms with Gasteiger partial charge in [0, 0.05) is 54.3 Å². The molecular weight excluding hydrogens is 355 g/mol. The molecule has 2 aromatic rings. The van der Waals surface area contributed by atoms with Gasteiger partial charge in [0.1, 0.15) is 0 Å². The number of rotatable bonds is 2. The summed E-state index contributed by atoms with van der Waals surface area (Å²) in [6, 6.07) is 15.1. The Bertz CT molecular complexity index is 800. The van der Waals surface area contributed by atoms with Crippen molar-refractivity contribution in [2.24, 2.45) is 0 Å². The van der Waals surface area contributed by atoms with Crippen LogP contribution < -0.4 is 0 Å². The van der Waals surface area contributed by atoms with Crippen LogP contribution in [0.1, 0.15) is 11.1 Å². The van der Waals surface area contributed by atoms with Gasteiger partial charge in [-0.2, -0.15) is 0 Å². The van der Waals surface area contributed by atoms with Crippen molar-refractivity contribution >= 4 is 29.1 Å². The zero-order valence-corrected chi connectivity index (χ0v) is 15.2. The van der Waals surface area contributed by atoms with E-state index in [1.807, 2.05) is 36.4 Å². The number of carbonyl (C=O) groups is 1. The molecule has 3 nitrogen and oxygen atoms in total. The van der Waals surface area contributed by atoms with E-state index in [1.165, 1.54) is 5.56 Å². The third-order valence-electron chi connectivity index (χ3n) is 4.12. The Morgan fingerprint density at radius 2 is 1.68 bits per heavy atom. The number of amides is 1. The van der Waals surface area contributed by atoms with E-state index in [2.05, 4.69) is 16.7 Å². The zero-order chi connectivity index (χ0) is 17.6. The van der Waals surface area contributed by atoms with E-state index >= 15 is 0 Å². The van der Waals surface area contributed by atoms with E-state index in [4.69, 9.17) is 23.2 Å². The lowest BCUT2D eigenvalue weighted by Gasteiger charge is -2.33. The summed E-state index contributed by atoms with van der Waals surface area (Å²) in [5, 5.41) is 1.37. The van der Waals surface area contributed by atoms with Gasteiger partial charge in [-0.05, 0) is 35.9 Å². The largest absolute Gasteiger partial charge is 0.329 e. The summed E-state index contributed by atoms with van der Waals surface area (Å²) in [4.78, 5) is 16.4. The third kappa shape index (κ3) is 5.24. The average Bonchev–Trinajstić information content (AvgIpc) is 2.62. The molecule has 1 aliphatic rings. The SMILES string of the molecule is O=C(C#Cc1cccc(Cl)c1)N1CCN(Cc2ccc(Cl)cc2)CC1. The average molecular weight is 373 g/mol. The summed E-state index contributed by atoms with van der Waals surface area (Å²) in [6.45, 7) is 3.93. The number of carbonyl (C=O) groups excluding carboxylic acids is 1. The second kappa shape index (κ2) is 8.40. The molecule has 0 aromatic heterocycles. The molecule has 0 spiro atoms. The monoisotopic (exact) mass is 372 g/mol. The first kappa shape index (κ1) is 17.8. The summed E-state index contributed by atoms with van der Waals surface area (Å²) in [6.07, 6.45) is 0. The van der Waals surface area contributed by atoms with Crippen LogP contribution in [0.5, 0.6) is 0 Å². The van der Waals surface area contributed by atoms with Gasteiger partial charge in [-0.15, -0.1) is 0 Å². The predicted molar refractivity (Wildman–Crippen MR) is 102 cm³/mol. The highest BCUT2D eigenvalue weighted by Crippen LogP contribution is 2.13. The number of hydrogen-bond acceptors (Lipinski definition) is 2. The Kier molecular flexibility index (Phi) is 5.99. The van der Waals surface area contributed by atoms with Gasteiger partial charge in [0.05, 0.1) is 0 Å². The van der Waals surface area contributed by atoms with Crippen molar-refractivity contribution in [1.29, 1.82) is 0 Å². The van der Waals surface area contributed by atoms with Crippen molar-refractivity contribution in [2.45, 2.75) is 6.54 Å². The predicted octanol–water partition coefficient (Wildman–Crippen LogP) is 3.69. The lowest BCUT2D eigenvalue weighted by Crippen LogP contribution is -2.47. The highest BCUT2D eigenvalue weighted by molar-refractivity contribution is 6.30. The molecule has 1 aliphatic heterocycles. The van der Waals surface area contributed by atoms with Crippen molar-refractivity contribution in [3.8, 4) is 11.8 Å². The highest BCUT2D eigenvalue weighted by atomic mass is 35.5. The van der Waals surface area contributed by atoms with Crippen molar-refractivity contribution in [3.63, 3.8) is 0 Å². The van der Waals surface area contributed by atoms with Crippen molar-refractivity contribution < 1.29 is 4.79 Å². The molecule has 2 aromatic carbocycles. The topological polar surface area (TPSA) is 23.6 Å². The molecule has 0 aliphatic carbocycles. The number of benzene rings is 2. The number of hydrogen-bond donors (Lipinski definition) is 0. The van der Waals surface area contributed by atoms with E-state index in [1.54, 1.807) is 17.0 Å². The first-order chi connectivity index (χ1) is 12.1. The summed E-state index contributed by atoms with van der Waals surface area (Å²) >= 11 is 11.8. The van der Waals surface area contributed by atoms with Gasteiger partial charge in [-0.3, -0.25) is 9.69 Å². The molecular formula is C20H18Cl2N2O. The van der Waals surface area contributed by atoms with Gasteiger partial charge in [0.2, 0.25) is 0 Å². The Labute approximate surface area is 158 Å². The molecule has 3 rings (SSSR count). The fourth-order valence-electron chi connectivity index (χ4n) is 2.73. The maximum absolute atomic E-state index is 12.2. The van der Waals surface area contributed by atoms with Crippen LogP contribution in [0.2, 0.25) is 10.0 Å². The molecule has 0 bridgehead atoms. The van der Waals surface area contributed by atoms with Crippen LogP contribution in [-0.2, 0) is 11.3 Å². The number of nitrogens with zero attached hydrogens (tertiary/aromatic N) is 2. The molecule has 128 valence electrons. The lowest BCUT2D eigenvalue weighted by molar-refractivity contribution is -0.126. The maximum atomic E-state index is 12.2. The molecule has 25 heavy (non-hydrogen) atoms. The molecule has 0 unspecified atom stereocenters. The van der Waals surface area contributed by atoms with Gasteiger partial charge in [0.25, 0.3) is 5.91 Å². The summed E-state index contributed by atoms with van der Waals surface area (Å²) in [5.74, 6) is 5.47. The first-order valence-corrected chi connectivity index (χ1v) is 8.89. The Morgan fingerprint density at radius 1 is 0.960 bits per heavy atom. The minimum absolute atomic E-state index is 0.133. The highest BCUT2D eigenvalue weighted by Gasteiger charge is 2.19. The van der Waals surface area contributed by atoms with Crippen molar-refractivity contribution in [3.05, 3.63) is 69.7 Å². The molecule has 0 saturated carbocycles. The van der Waals surface area contributed by atoms with Crippen LogP contribution in [0.25, 0.3) is 0 Å². The molecule has 0 radical (unpaired) electrons. The minimum Gasteiger partial charge on any atom is -0.329 e. The maximum Gasteiger partial charge on any atom is 0.298 e. The zero-order valence-electron chi connectivity index (χ0n) is 13.7. The molecule has 0 N–H and O–H groups in total. The summed E-state index contributed by atoms with van der Waals surface area (Å²) < 4.78 is 0. The molecule has 1 saturated heterocycles. The minimum atomic E-state index is -0.133. The summed E-state index contributed by atoms with van der Waals surface area (Å²) in [5.41, 5.74) is 1.98. The lowest BCUT2D eigenvalue weighted by atomic mass is 10.2. The normalized spacial score (nSPS) is 14.7. The van der Waals surface area contributed by atoms with E-state index in [0.29, 0.717) is 18.1 Å². The number of piperazine rings is 1. The summed E-state index contributed by atoms with van der Waals surface area (Å²) in [7, 11) is 0. The van der Waals surface area contributed by atoms with Crippen molar-refractivity contribution in [2.75, 3.05) is 26.2 Å². The molecule has 1 fully saturated rings. The second-order valence-electron chi connectivity index (χ2n) is 5.96. The van der Waals surface area contributed by atoms with Crippen molar-refractivity contribution in [1.82, 2.24) is 9.80 Å². The van der Waals surface area contributed by atoms with E-state index in [-0.39, 0.29) is 5.91 Å². The third-order valence-corrected chi connectivity index (χ3v) is 4.60. The van der Waals surface area contributed by atoms with E-state index in [0.717, 1.165) is 30.2 Å². The fraction of sp³-hybridized carbons (Fsp3) is 0.250. The quantitative estimate of drug-likeness (QED) is 0.750. The van der Waals surface area contributed by atoms with Gasteiger partial charge in [-0.25, -0.2) is 0 Å². The molecule has 0 atom stereocenters. The van der Waals surface area contributed by atoms with Gasteiger partial charge < -0.3 is 4.90 Å². The Morgan fingerprint density at radius 3 is 2.36 bits per heavy atom. The van der Waals surface area contributed by atoms with Gasteiger partial charge >= 0.3 is 0 Å². The van der Waals surface area contributed by atoms with Crippen LogP contribution in [0.15, 0.2) is 48.5 Å². The van der Waals surface area contributed by atoms with Gasteiger partial charge in [0.15, 0.2) is 0 Å². The number of halogens is 2. The second-order valence-corrected chi connectivity index (χ2v) is 6.83. The smallest absolute Gasteiger partial charge is 0.298 e. The van der Waals surface area contributed by atoms with E-state index in [9.17, 15) is 4.79 Å². The fourth-order valence-corrected chi connectivity index (χ4v) is 3.04. The molecule has 1 heterocycles. The molecule has 1 amide bonds. The van der Waals surface area contributed by atoms with E-state index < -0.39 is 0 Å². The van der Waals surface area contributed by atoms with Crippen LogP contribution in [0.4, 0.5) is 0 Å². The van der Waals surface area contributed by atoms with Crippen LogP contribution in [0.3, 0.4) is 0 Å². The van der Waals surface area contributed by atoms with Crippen LogP contribution in [-0.4, -0.2) is 41.9 Å². The standard InChI is InChI=1S/C20H18Cl2N2O/c21-18-7-4-17(5-8-18)15-23-10-12-24(13-11-23)20(25)9-6-16-2-1-3-19(22)14-16/h1-5,7-8,14H,10-13,15H2. The van der Waals surface area contributed by atoms with Crippen LogP contribution >= 0.6 is 23.2 Å². The Balaban J connectivity index is 1.52. The molecule has 5 heteroatoms. The Hall–Kier alpha value is -1.99. The van der Waals surface area contributed by atoms with Crippen LogP contribution in [0, 0.1) is 11.8 Å².